The van der Waals surface area contributed by atoms with Gasteiger partial charge >= 0.3 is 6.09 Å². The molecule has 0 aliphatic carbocycles. The van der Waals surface area contributed by atoms with Crippen LogP contribution in [0.3, 0.4) is 0 Å². The van der Waals surface area contributed by atoms with Gasteiger partial charge in [-0.1, -0.05) is 29.8 Å². The van der Waals surface area contributed by atoms with Crippen molar-refractivity contribution in [2.24, 2.45) is 0 Å². The molecule has 0 spiro atoms. The SMILES string of the molecule is CC1(Nc2ncc3nc(Nc4cccc(Cl)c4)n(-c4ccc(CNC(=O)OC(C)(C)C)cc4)c3n2)CCOCC1. The van der Waals surface area contributed by atoms with E-state index in [-0.39, 0.29) is 5.54 Å². The Morgan fingerprint density at radius 1 is 1.12 bits per heavy atom. The predicted octanol–water partition coefficient (Wildman–Crippen LogP) is 6.22. The molecule has 0 radical (unpaired) electrons. The second-order valence-corrected chi connectivity index (χ2v) is 11.6. The Morgan fingerprint density at radius 3 is 2.58 bits per heavy atom. The Morgan fingerprint density at radius 2 is 1.88 bits per heavy atom. The minimum absolute atomic E-state index is 0.151. The van der Waals surface area contributed by atoms with Gasteiger partial charge in [0.15, 0.2) is 5.65 Å². The molecule has 11 heteroatoms. The van der Waals surface area contributed by atoms with Gasteiger partial charge in [0.25, 0.3) is 0 Å². The largest absolute Gasteiger partial charge is 0.444 e. The summed E-state index contributed by atoms with van der Waals surface area (Å²) in [6.07, 6.45) is 3.01. The van der Waals surface area contributed by atoms with E-state index in [1.165, 1.54) is 0 Å². The van der Waals surface area contributed by atoms with Gasteiger partial charge in [-0.2, -0.15) is 4.98 Å². The van der Waals surface area contributed by atoms with Crippen LogP contribution in [0, 0.1) is 0 Å². The number of rotatable bonds is 7. The summed E-state index contributed by atoms with van der Waals surface area (Å²) in [5.74, 6) is 1.10. The molecule has 3 N–H and O–H groups in total. The Labute approximate surface area is 238 Å². The molecule has 3 heterocycles. The Hall–Kier alpha value is -3.89. The molecule has 1 saturated heterocycles. The summed E-state index contributed by atoms with van der Waals surface area (Å²) in [5, 5.41) is 10.3. The van der Waals surface area contributed by atoms with Crippen molar-refractivity contribution in [2.75, 3.05) is 23.8 Å². The molecule has 2 aromatic carbocycles. The van der Waals surface area contributed by atoms with E-state index in [4.69, 9.17) is 31.0 Å². The number of imidazole rings is 1. The van der Waals surface area contributed by atoms with Crippen LogP contribution in [0.15, 0.2) is 54.7 Å². The van der Waals surface area contributed by atoms with Crippen LogP contribution in [0.4, 0.5) is 22.4 Å². The van der Waals surface area contributed by atoms with Gasteiger partial charge in [-0.25, -0.2) is 14.8 Å². The van der Waals surface area contributed by atoms with Gasteiger partial charge < -0.3 is 25.4 Å². The third-order valence-electron chi connectivity index (χ3n) is 6.52. The maximum Gasteiger partial charge on any atom is 0.407 e. The second-order valence-electron chi connectivity index (χ2n) is 11.1. The summed E-state index contributed by atoms with van der Waals surface area (Å²) in [6.45, 7) is 9.41. The van der Waals surface area contributed by atoms with Crippen LogP contribution in [0.25, 0.3) is 16.9 Å². The smallest absolute Gasteiger partial charge is 0.407 e. The van der Waals surface area contributed by atoms with Crippen molar-refractivity contribution in [3.63, 3.8) is 0 Å². The van der Waals surface area contributed by atoms with Crippen molar-refractivity contribution in [1.29, 1.82) is 0 Å². The van der Waals surface area contributed by atoms with Gasteiger partial charge in [0.1, 0.15) is 11.1 Å². The molecule has 4 aromatic rings. The number of hydrogen-bond donors (Lipinski definition) is 3. The molecule has 0 saturated carbocycles. The molecule has 1 aliphatic rings. The summed E-state index contributed by atoms with van der Waals surface area (Å²) < 4.78 is 12.8. The van der Waals surface area contributed by atoms with Gasteiger partial charge in [-0.3, -0.25) is 4.57 Å². The van der Waals surface area contributed by atoms with Crippen LogP contribution in [-0.2, 0) is 16.0 Å². The Bertz CT molecular complexity index is 1490. The molecule has 1 amide bonds. The van der Waals surface area contributed by atoms with Crippen LogP contribution in [-0.4, -0.2) is 50.0 Å². The molecule has 40 heavy (non-hydrogen) atoms. The van der Waals surface area contributed by atoms with E-state index < -0.39 is 11.7 Å². The molecular weight excluding hydrogens is 530 g/mol. The molecule has 2 aromatic heterocycles. The highest BCUT2D eigenvalue weighted by Crippen LogP contribution is 2.29. The number of ether oxygens (including phenoxy) is 2. The number of carbonyl (C=O) groups excluding carboxylic acids is 1. The molecule has 210 valence electrons. The van der Waals surface area contributed by atoms with Gasteiger partial charge in [0.05, 0.1) is 11.9 Å². The Balaban J connectivity index is 1.46. The van der Waals surface area contributed by atoms with Crippen LogP contribution < -0.4 is 16.0 Å². The van der Waals surface area contributed by atoms with E-state index in [2.05, 4.69) is 27.9 Å². The van der Waals surface area contributed by atoms with E-state index in [9.17, 15) is 4.79 Å². The van der Waals surface area contributed by atoms with E-state index in [0.29, 0.717) is 47.8 Å². The first kappa shape index (κ1) is 27.7. The summed E-state index contributed by atoms with van der Waals surface area (Å²) in [7, 11) is 0. The second kappa shape index (κ2) is 11.3. The molecule has 10 nitrogen and oxygen atoms in total. The average Bonchev–Trinajstić information content (AvgIpc) is 3.24. The number of alkyl carbamates (subject to hydrolysis) is 1. The molecule has 1 fully saturated rings. The third-order valence-corrected chi connectivity index (χ3v) is 6.76. The number of benzene rings is 2. The van der Waals surface area contributed by atoms with E-state index in [0.717, 1.165) is 29.8 Å². The molecular formula is C29H34ClN7O3. The standard InChI is InChI=1S/C29H34ClN7O3/c1-28(2,3)40-27(38)32-17-19-8-10-22(11-9-19)37-24-23(34-26(37)33-21-7-5-6-20(30)16-21)18-31-25(35-24)36-29(4)12-14-39-15-13-29/h5-11,16,18H,12-15,17H2,1-4H3,(H,32,38)(H,33,34)(H,31,35,36). The van der Waals surface area contributed by atoms with Gasteiger partial charge in [0, 0.05) is 36.0 Å². The topological polar surface area (TPSA) is 115 Å². The lowest BCUT2D eigenvalue weighted by Crippen LogP contribution is -2.41. The molecule has 0 bridgehead atoms. The van der Waals surface area contributed by atoms with Crippen molar-refractivity contribution in [3.05, 3.63) is 65.3 Å². The van der Waals surface area contributed by atoms with Gasteiger partial charge in [-0.15, -0.1) is 0 Å². The average molecular weight is 564 g/mol. The normalized spacial score (nSPS) is 15.0. The molecule has 0 unspecified atom stereocenters. The highest BCUT2D eigenvalue weighted by atomic mass is 35.5. The van der Waals surface area contributed by atoms with E-state index in [1.807, 2.05) is 73.9 Å². The zero-order chi connectivity index (χ0) is 28.3. The van der Waals surface area contributed by atoms with Gasteiger partial charge in [0.2, 0.25) is 11.9 Å². The van der Waals surface area contributed by atoms with E-state index in [1.54, 1.807) is 6.20 Å². The number of amides is 1. The monoisotopic (exact) mass is 563 g/mol. The number of aromatic nitrogens is 4. The minimum atomic E-state index is -0.555. The lowest BCUT2D eigenvalue weighted by Gasteiger charge is -2.34. The van der Waals surface area contributed by atoms with Crippen LogP contribution in [0.1, 0.15) is 46.1 Å². The van der Waals surface area contributed by atoms with Crippen molar-refractivity contribution < 1.29 is 14.3 Å². The fraction of sp³-hybridized carbons (Fsp3) is 0.379. The van der Waals surface area contributed by atoms with E-state index >= 15 is 0 Å². The molecule has 1 aliphatic heterocycles. The highest BCUT2D eigenvalue weighted by Gasteiger charge is 2.28. The lowest BCUT2D eigenvalue weighted by molar-refractivity contribution is 0.0523. The predicted molar refractivity (Wildman–Crippen MR) is 157 cm³/mol. The number of hydrogen-bond acceptors (Lipinski definition) is 8. The van der Waals surface area contributed by atoms with Gasteiger partial charge in [-0.05, 0) is 76.4 Å². The first-order valence-corrected chi connectivity index (χ1v) is 13.6. The summed E-state index contributed by atoms with van der Waals surface area (Å²) in [5.41, 5.74) is 3.15. The number of carbonyl (C=O) groups is 1. The summed E-state index contributed by atoms with van der Waals surface area (Å²) >= 11 is 6.23. The lowest BCUT2D eigenvalue weighted by atomic mass is 9.93. The highest BCUT2D eigenvalue weighted by molar-refractivity contribution is 6.30. The third kappa shape index (κ3) is 6.81. The quantitative estimate of drug-likeness (QED) is 0.243. The zero-order valence-electron chi connectivity index (χ0n) is 23.1. The first-order valence-electron chi connectivity index (χ1n) is 13.3. The number of anilines is 3. The summed E-state index contributed by atoms with van der Waals surface area (Å²) in [6, 6.07) is 15.3. The number of halogens is 1. The van der Waals surface area contributed by atoms with Crippen molar-refractivity contribution in [1.82, 2.24) is 24.8 Å². The fourth-order valence-corrected chi connectivity index (χ4v) is 4.62. The minimum Gasteiger partial charge on any atom is -0.444 e. The summed E-state index contributed by atoms with van der Waals surface area (Å²) in [4.78, 5) is 26.3. The Kier molecular flexibility index (Phi) is 7.82. The van der Waals surface area contributed by atoms with Crippen LogP contribution >= 0.6 is 11.6 Å². The maximum atomic E-state index is 12.1. The number of nitrogens with one attached hydrogen (secondary N) is 3. The van der Waals surface area contributed by atoms with Crippen molar-refractivity contribution >= 4 is 46.4 Å². The first-order chi connectivity index (χ1) is 19.1. The van der Waals surface area contributed by atoms with Crippen LogP contribution in [0.2, 0.25) is 5.02 Å². The molecule has 0 atom stereocenters. The maximum absolute atomic E-state index is 12.1. The van der Waals surface area contributed by atoms with Crippen molar-refractivity contribution in [2.45, 2.75) is 58.2 Å². The zero-order valence-corrected chi connectivity index (χ0v) is 23.9. The van der Waals surface area contributed by atoms with Crippen molar-refractivity contribution in [3.8, 4) is 5.69 Å². The number of nitrogens with zero attached hydrogens (tertiary/aromatic N) is 4. The molecule has 5 rings (SSSR count). The van der Waals surface area contributed by atoms with Crippen LogP contribution in [0.5, 0.6) is 0 Å². The number of fused-ring (bicyclic) bond motifs is 1. The fourth-order valence-electron chi connectivity index (χ4n) is 4.43.